The number of imidazole rings is 1. The summed E-state index contributed by atoms with van der Waals surface area (Å²) in [6, 6.07) is 1.79. The number of halogens is 2. The topological polar surface area (TPSA) is 74.5 Å². The number of hydrogen-bond donors (Lipinski definition) is 1. The van der Waals surface area contributed by atoms with Crippen molar-refractivity contribution in [3.8, 4) is 0 Å². The number of hydrogen-bond acceptors (Lipinski definition) is 5. The molecule has 0 aromatic carbocycles. The van der Waals surface area contributed by atoms with Crippen LogP contribution in [0.5, 0.6) is 0 Å². The minimum atomic E-state index is -2.60. The summed E-state index contributed by atoms with van der Waals surface area (Å²) in [7, 11) is 1.68. The number of nitrogens with one attached hydrogen (secondary N) is 1. The average molecular weight is 350 g/mol. The van der Waals surface area contributed by atoms with Crippen LogP contribution in [0.4, 0.5) is 14.7 Å². The van der Waals surface area contributed by atoms with E-state index in [1.54, 1.807) is 25.5 Å². The first-order valence-corrected chi connectivity index (χ1v) is 7.96. The molecule has 0 aliphatic carbocycles. The molecule has 10 heteroatoms. The van der Waals surface area contributed by atoms with Crippen molar-refractivity contribution in [1.82, 2.24) is 29.7 Å². The molecule has 0 unspecified atom stereocenters. The van der Waals surface area contributed by atoms with E-state index in [0.29, 0.717) is 11.9 Å². The van der Waals surface area contributed by atoms with Gasteiger partial charge in [0.1, 0.15) is 5.82 Å². The van der Waals surface area contributed by atoms with E-state index in [2.05, 4.69) is 35.1 Å². The third-order valence-electron chi connectivity index (χ3n) is 3.99. The number of aliphatic imine (C=N–C) groups is 1. The third-order valence-corrected chi connectivity index (χ3v) is 3.99. The fraction of sp³-hybridized carbons (Fsp3) is 0.467. The predicted octanol–water partition coefficient (Wildman–Crippen LogP) is 0.966. The van der Waals surface area contributed by atoms with Crippen molar-refractivity contribution in [2.24, 2.45) is 4.99 Å². The Morgan fingerprint density at radius 3 is 2.52 bits per heavy atom. The minimum Gasteiger partial charge on any atom is -0.349 e. The highest BCUT2D eigenvalue weighted by atomic mass is 19.3. The second kappa shape index (κ2) is 7.86. The van der Waals surface area contributed by atoms with Gasteiger partial charge in [-0.2, -0.15) is 8.78 Å². The first-order valence-electron chi connectivity index (χ1n) is 7.96. The van der Waals surface area contributed by atoms with Gasteiger partial charge < -0.3 is 15.1 Å². The zero-order chi connectivity index (χ0) is 17.6. The largest absolute Gasteiger partial charge is 0.349 e. The monoisotopic (exact) mass is 350 g/mol. The molecule has 0 bridgehead atoms. The summed E-state index contributed by atoms with van der Waals surface area (Å²) in [5.74, 6) is 1.65. The second-order valence-corrected chi connectivity index (χ2v) is 5.45. The van der Waals surface area contributed by atoms with Crippen molar-refractivity contribution >= 4 is 11.9 Å². The van der Waals surface area contributed by atoms with E-state index in [-0.39, 0.29) is 12.4 Å². The van der Waals surface area contributed by atoms with Gasteiger partial charge >= 0.3 is 6.55 Å². The number of anilines is 1. The number of piperazine rings is 1. The molecular formula is C15H20F2N8. The third kappa shape index (κ3) is 4.01. The highest BCUT2D eigenvalue weighted by Gasteiger charge is 2.21. The normalized spacial score (nSPS) is 15.8. The van der Waals surface area contributed by atoms with Crippen molar-refractivity contribution in [2.75, 3.05) is 38.1 Å². The molecule has 1 N–H and O–H groups in total. The van der Waals surface area contributed by atoms with Crippen LogP contribution in [0.1, 0.15) is 12.4 Å². The van der Waals surface area contributed by atoms with Crippen molar-refractivity contribution in [3.05, 3.63) is 36.7 Å². The lowest BCUT2D eigenvalue weighted by atomic mass is 10.3. The number of aromatic nitrogens is 4. The Kier molecular flexibility index (Phi) is 5.36. The highest BCUT2D eigenvalue weighted by Crippen LogP contribution is 2.13. The number of alkyl halides is 2. The molecule has 8 nitrogen and oxygen atoms in total. The summed E-state index contributed by atoms with van der Waals surface area (Å²) < 4.78 is 26.6. The van der Waals surface area contributed by atoms with E-state index in [4.69, 9.17) is 0 Å². The van der Waals surface area contributed by atoms with Gasteiger partial charge in [0.2, 0.25) is 5.95 Å². The molecule has 3 heterocycles. The maximum atomic E-state index is 12.9. The Hall–Kier alpha value is -2.78. The number of guanidine groups is 1. The molecule has 1 aliphatic rings. The van der Waals surface area contributed by atoms with Crippen molar-refractivity contribution < 1.29 is 8.78 Å². The van der Waals surface area contributed by atoms with Crippen LogP contribution in [-0.4, -0.2) is 63.6 Å². The van der Waals surface area contributed by atoms with Crippen molar-refractivity contribution in [1.29, 1.82) is 0 Å². The van der Waals surface area contributed by atoms with Gasteiger partial charge in [0.05, 0.1) is 6.54 Å². The Bertz CT molecular complexity index is 695. The Labute approximate surface area is 144 Å². The molecule has 1 aliphatic heterocycles. The summed E-state index contributed by atoms with van der Waals surface area (Å²) in [4.78, 5) is 20.9. The van der Waals surface area contributed by atoms with Gasteiger partial charge in [-0.1, -0.05) is 0 Å². The van der Waals surface area contributed by atoms with E-state index < -0.39 is 6.55 Å². The lowest BCUT2D eigenvalue weighted by Gasteiger charge is -2.36. The van der Waals surface area contributed by atoms with Crippen molar-refractivity contribution in [3.63, 3.8) is 0 Å². The molecule has 0 saturated carbocycles. The van der Waals surface area contributed by atoms with Gasteiger partial charge in [-0.3, -0.25) is 9.56 Å². The lowest BCUT2D eigenvalue weighted by molar-refractivity contribution is 0.0668. The average Bonchev–Trinajstić information content (AvgIpc) is 3.12. The summed E-state index contributed by atoms with van der Waals surface area (Å²) in [5.41, 5.74) is 0. The van der Waals surface area contributed by atoms with Gasteiger partial charge in [0, 0.05) is 58.0 Å². The summed E-state index contributed by atoms with van der Waals surface area (Å²) >= 11 is 0. The first kappa shape index (κ1) is 17.1. The predicted molar refractivity (Wildman–Crippen MR) is 89.5 cm³/mol. The Balaban J connectivity index is 1.55. The lowest BCUT2D eigenvalue weighted by Crippen LogP contribution is -2.52. The van der Waals surface area contributed by atoms with Gasteiger partial charge in [0.25, 0.3) is 0 Å². The molecule has 0 radical (unpaired) electrons. The molecule has 25 heavy (non-hydrogen) atoms. The minimum absolute atomic E-state index is 0.187. The first-order chi connectivity index (χ1) is 12.2. The van der Waals surface area contributed by atoms with E-state index in [1.165, 1.54) is 12.4 Å². The highest BCUT2D eigenvalue weighted by molar-refractivity contribution is 5.80. The van der Waals surface area contributed by atoms with Crippen LogP contribution < -0.4 is 10.2 Å². The van der Waals surface area contributed by atoms with Crippen LogP contribution in [0, 0.1) is 0 Å². The summed E-state index contributed by atoms with van der Waals surface area (Å²) in [6.07, 6.45) is 6.08. The molecule has 0 amide bonds. The maximum absolute atomic E-state index is 12.9. The summed E-state index contributed by atoms with van der Waals surface area (Å²) in [6.45, 7) is 0.581. The molecule has 3 rings (SSSR count). The van der Waals surface area contributed by atoms with Gasteiger partial charge in [-0.25, -0.2) is 15.0 Å². The molecule has 134 valence electrons. The Morgan fingerprint density at radius 1 is 1.16 bits per heavy atom. The quantitative estimate of drug-likeness (QED) is 0.654. The van der Waals surface area contributed by atoms with E-state index in [1.807, 2.05) is 0 Å². The fourth-order valence-corrected chi connectivity index (χ4v) is 2.72. The van der Waals surface area contributed by atoms with Crippen LogP contribution in [-0.2, 0) is 6.54 Å². The molecule has 2 aromatic rings. The van der Waals surface area contributed by atoms with Crippen LogP contribution in [0.15, 0.2) is 35.8 Å². The zero-order valence-electron chi connectivity index (χ0n) is 13.9. The van der Waals surface area contributed by atoms with Gasteiger partial charge in [-0.15, -0.1) is 0 Å². The maximum Gasteiger partial charge on any atom is 0.319 e. The molecular weight excluding hydrogens is 330 g/mol. The van der Waals surface area contributed by atoms with Crippen LogP contribution in [0.2, 0.25) is 0 Å². The molecule has 1 fully saturated rings. The number of nitrogens with zero attached hydrogens (tertiary/aromatic N) is 7. The molecule has 2 aromatic heterocycles. The molecule has 0 spiro atoms. The smallest absolute Gasteiger partial charge is 0.319 e. The fourth-order valence-electron chi connectivity index (χ4n) is 2.72. The van der Waals surface area contributed by atoms with Crippen molar-refractivity contribution in [2.45, 2.75) is 13.1 Å². The van der Waals surface area contributed by atoms with Crippen LogP contribution >= 0.6 is 0 Å². The van der Waals surface area contributed by atoms with E-state index in [9.17, 15) is 8.78 Å². The molecule has 0 atom stereocenters. The Morgan fingerprint density at radius 2 is 1.88 bits per heavy atom. The van der Waals surface area contributed by atoms with Gasteiger partial charge in [0.15, 0.2) is 5.96 Å². The summed E-state index contributed by atoms with van der Waals surface area (Å²) in [5, 5.41) is 3.10. The standard InChI is InChI=1S/C15H20F2N8/c1-18-14(22-11-12-19-5-6-25(12)13(16)17)23-7-9-24(10-8-23)15-20-3-2-4-21-15/h2-6,13H,7-11H2,1H3,(H,18,22). The SMILES string of the molecule is CN=C(NCc1nccn1C(F)F)N1CCN(c2ncccn2)CC1. The second-order valence-electron chi connectivity index (χ2n) is 5.45. The molecule has 1 saturated heterocycles. The van der Waals surface area contributed by atoms with Crippen LogP contribution in [0.25, 0.3) is 0 Å². The van der Waals surface area contributed by atoms with Gasteiger partial charge in [-0.05, 0) is 6.07 Å². The van der Waals surface area contributed by atoms with E-state index >= 15 is 0 Å². The van der Waals surface area contributed by atoms with E-state index in [0.717, 1.165) is 30.7 Å². The van der Waals surface area contributed by atoms with Crippen LogP contribution in [0.3, 0.4) is 0 Å². The number of rotatable bonds is 4. The zero-order valence-corrected chi connectivity index (χ0v) is 13.9.